The average Bonchev–Trinajstić information content (AvgIpc) is 2.95. The predicted molar refractivity (Wildman–Crippen MR) is 92.6 cm³/mol. The fourth-order valence-corrected chi connectivity index (χ4v) is 3.15. The zero-order valence-corrected chi connectivity index (χ0v) is 14.7. The molecule has 0 aliphatic carbocycles. The molecule has 1 aromatic carbocycles. The molecule has 3 atom stereocenters. The minimum absolute atomic E-state index is 0.0964. The number of benzene rings is 1. The molecule has 2 heterocycles. The Balaban J connectivity index is 1.82. The van der Waals surface area contributed by atoms with Crippen molar-refractivity contribution in [3.05, 3.63) is 42.7 Å². The Hall–Kier alpha value is -2.11. The number of amides is 1. The Morgan fingerprint density at radius 1 is 1.40 bits per heavy atom. The maximum Gasteiger partial charge on any atom is 0.258 e. The van der Waals surface area contributed by atoms with Crippen LogP contribution >= 0.6 is 0 Å². The van der Waals surface area contributed by atoms with E-state index in [1.165, 1.54) is 0 Å². The second-order valence-electron chi connectivity index (χ2n) is 6.43. The van der Waals surface area contributed by atoms with Crippen molar-refractivity contribution in [1.82, 2.24) is 0 Å². The molecule has 1 amide bonds. The van der Waals surface area contributed by atoms with Gasteiger partial charge < -0.3 is 23.8 Å². The number of anilines is 1. The summed E-state index contributed by atoms with van der Waals surface area (Å²) in [4.78, 5) is 14.4. The molecular formula is C19H23NO5. The number of methoxy groups -OCH3 is 1. The Morgan fingerprint density at radius 2 is 2.12 bits per heavy atom. The maximum absolute atomic E-state index is 12.7. The number of nitrogens with zero attached hydrogens (tertiary/aromatic N) is 1. The molecule has 0 unspecified atom stereocenters. The molecule has 134 valence electrons. The van der Waals surface area contributed by atoms with Gasteiger partial charge in [-0.2, -0.15) is 0 Å². The van der Waals surface area contributed by atoms with E-state index in [1.54, 1.807) is 18.1 Å². The molecule has 1 aromatic rings. The molecule has 0 N–H and O–H groups in total. The molecule has 0 bridgehead atoms. The zero-order chi connectivity index (χ0) is 18.0. The molecule has 0 spiro atoms. The zero-order valence-electron chi connectivity index (χ0n) is 14.7. The van der Waals surface area contributed by atoms with Crippen molar-refractivity contribution in [1.29, 1.82) is 0 Å². The standard InChI is InChI=1S/C19H23NO5/c1-5-6-11-23-17-16(15-12-24-19(2,3)25-15)20(18(17)21)13-7-9-14(22-4)10-8-13/h6-10,15-17H,1,11-12H2,2-4H3/t15-,16+,17-/m1/s1. The molecule has 3 rings (SSSR count). The van der Waals surface area contributed by atoms with E-state index in [0.717, 1.165) is 11.4 Å². The van der Waals surface area contributed by atoms with Gasteiger partial charge in [-0.05, 0) is 44.2 Å². The fourth-order valence-electron chi connectivity index (χ4n) is 3.15. The maximum atomic E-state index is 12.7. The van der Waals surface area contributed by atoms with Gasteiger partial charge in [-0.25, -0.2) is 0 Å². The summed E-state index contributed by atoms with van der Waals surface area (Å²) in [6.07, 6.45) is 0.817. The third-order valence-corrected chi connectivity index (χ3v) is 4.35. The van der Waals surface area contributed by atoms with E-state index >= 15 is 0 Å². The molecule has 6 heteroatoms. The first-order chi connectivity index (χ1) is 12.0. The summed E-state index contributed by atoms with van der Waals surface area (Å²) >= 11 is 0. The second kappa shape index (κ2) is 7.02. The van der Waals surface area contributed by atoms with Crippen molar-refractivity contribution in [2.45, 2.75) is 37.9 Å². The van der Waals surface area contributed by atoms with Gasteiger partial charge in [-0.15, -0.1) is 5.73 Å². The topological polar surface area (TPSA) is 57.2 Å². The first-order valence-electron chi connectivity index (χ1n) is 8.21. The highest BCUT2D eigenvalue weighted by Gasteiger charge is 2.56. The van der Waals surface area contributed by atoms with Crippen molar-refractivity contribution in [3.8, 4) is 5.75 Å². The van der Waals surface area contributed by atoms with E-state index in [-0.39, 0.29) is 24.7 Å². The van der Waals surface area contributed by atoms with Gasteiger partial charge in [-0.3, -0.25) is 4.79 Å². The van der Waals surface area contributed by atoms with E-state index in [1.807, 2.05) is 38.1 Å². The van der Waals surface area contributed by atoms with E-state index in [4.69, 9.17) is 18.9 Å². The van der Waals surface area contributed by atoms with Gasteiger partial charge in [0, 0.05) is 5.69 Å². The van der Waals surface area contributed by atoms with Gasteiger partial charge >= 0.3 is 0 Å². The third kappa shape index (κ3) is 3.48. The van der Waals surface area contributed by atoms with Crippen molar-refractivity contribution < 1.29 is 23.7 Å². The highest BCUT2D eigenvalue weighted by molar-refractivity contribution is 6.05. The summed E-state index contributed by atoms with van der Waals surface area (Å²) in [6, 6.07) is 7.10. The number of ether oxygens (including phenoxy) is 4. The summed E-state index contributed by atoms with van der Waals surface area (Å²) < 4.78 is 22.5. The first kappa shape index (κ1) is 17.7. The normalized spacial score (nSPS) is 27.6. The quantitative estimate of drug-likeness (QED) is 0.585. The number of carbonyl (C=O) groups is 1. The van der Waals surface area contributed by atoms with Crippen LogP contribution in [0.2, 0.25) is 0 Å². The first-order valence-corrected chi connectivity index (χ1v) is 8.21. The summed E-state index contributed by atoms with van der Waals surface area (Å²) in [5, 5.41) is 0. The fraction of sp³-hybridized carbons (Fsp3) is 0.474. The van der Waals surface area contributed by atoms with Crippen LogP contribution in [0.4, 0.5) is 5.69 Å². The minimum atomic E-state index is -0.666. The van der Waals surface area contributed by atoms with Crippen LogP contribution in [-0.2, 0) is 19.0 Å². The highest BCUT2D eigenvalue weighted by atomic mass is 16.7. The molecule has 2 aliphatic rings. The summed E-state index contributed by atoms with van der Waals surface area (Å²) in [5.74, 6) is -0.0276. The van der Waals surface area contributed by atoms with Crippen LogP contribution in [0.5, 0.6) is 5.75 Å². The average molecular weight is 345 g/mol. The van der Waals surface area contributed by atoms with Crippen molar-refractivity contribution in [2.75, 3.05) is 25.2 Å². The monoisotopic (exact) mass is 345 g/mol. The molecule has 2 saturated heterocycles. The largest absolute Gasteiger partial charge is 0.497 e. The van der Waals surface area contributed by atoms with Crippen LogP contribution in [0.25, 0.3) is 0 Å². The van der Waals surface area contributed by atoms with Crippen LogP contribution in [0, 0.1) is 0 Å². The number of rotatable bonds is 6. The van der Waals surface area contributed by atoms with E-state index in [2.05, 4.69) is 12.3 Å². The predicted octanol–water partition coefficient (Wildman–Crippen LogP) is 2.29. The Bertz CT molecular complexity index is 678. The molecule has 2 fully saturated rings. The van der Waals surface area contributed by atoms with Gasteiger partial charge in [-0.1, -0.05) is 6.58 Å². The highest BCUT2D eigenvalue weighted by Crippen LogP contribution is 2.37. The lowest BCUT2D eigenvalue weighted by Gasteiger charge is -2.48. The van der Waals surface area contributed by atoms with Crippen LogP contribution in [0.3, 0.4) is 0 Å². The van der Waals surface area contributed by atoms with E-state index in [0.29, 0.717) is 6.61 Å². The summed E-state index contributed by atoms with van der Waals surface area (Å²) in [6.45, 7) is 7.92. The van der Waals surface area contributed by atoms with Crippen molar-refractivity contribution in [2.24, 2.45) is 0 Å². The van der Waals surface area contributed by atoms with Crippen LogP contribution in [0.15, 0.2) is 42.7 Å². The molecule has 0 aromatic heterocycles. The van der Waals surface area contributed by atoms with Crippen LogP contribution in [-0.4, -0.2) is 50.3 Å². The van der Waals surface area contributed by atoms with E-state index in [9.17, 15) is 4.79 Å². The minimum Gasteiger partial charge on any atom is -0.497 e. The molecule has 25 heavy (non-hydrogen) atoms. The second-order valence-corrected chi connectivity index (χ2v) is 6.43. The molecular weight excluding hydrogens is 322 g/mol. The lowest BCUT2D eigenvalue weighted by molar-refractivity contribution is -0.161. The number of hydrogen-bond donors (Lipinski definition) is 0. The SMILES string of the molecule is C=C=CCO[C@H]1C(=O)N(c2ccc(OC)cc2)[C@H]1[C@H]1COC(C)(C)O1. The van der Waals surface area contributed by atoms with Gasteiger partial charge in [0.05, 0.1) is 20.3 Å². The van der Waals surface area contributed by atoms with Crippen molar-refractivity contribution >= 4 is 11.6 Å². The van der Waals surface area contributed by atoms with Crippen LogP contribution in [0.1, 0.15) is 13.8 Å². The Morgan fingerprint density at radius 3 is 2.68 bits per heavy atom. The van der Waals surface area contributed by atoms with Crippen LogP contribution < -0.4 is 9.64 Å². The number of β-lactam (4-membered cyclic amide) rings is 1. The van der Waals surface area contributed by atoms with E-state index < -0.39 is 11.9 Å². The molecule has 0 saturated carbocycles. The Kier molecular flexibility index (Phi) is 4.97. The molecule has 2 aliphatic heterocycles. The molecule has 0 radical (unpaired) electrons. The Labute approximate surface area is 147 Å². The summed E-state index contributed by atoms with van der Waals surface area (Å²) in [7, 11) is 1.61. The lowest BCUT2D eigenvalue weighted by Crippen LogP contribution is -2.71. The van der Waals surface area contributed by atoms with Gasteiger partial charge in [0.15, 0.2) is 11.9 Å². The van der Waals surface area contributed by atoms with Gasteiger partial charge in [0.25, 0.3) is 5.91 Å². The number of hydrogen-bond acceptors (Lipinski definition) is 5. The van der Waals surface area contributed by atoms with Gasteiger partial charge in [0.1, 0.15) is 17.9 Å². The summed E-state index contributed by atoms with van der Waals surface area (Å²) in [5.41, 5.74) is 3.43. The molecule has 6 nitrogen and oxygen atoms in total. The smallest absolute Gasteiger partial charge is 0.258 e. The van der Waals surface area contributed by atoms with Crippen molar-refractivity contribution in [3.63, 3.8) is 0 Å². The number of carbonyl (C=O) groups excluding carboxylic acids is 1. The lowest BCUT2D eigenvalue weighted by atomic mass is 9.91. The third-order valence-electron chi connectivity index (χ3n) is 4.35. The van der Waals surface area contributed by atoms with Gasteiger partial charge in [0.2, 0.25) is 0 Å².